The van der Waals surface area contributed by atoms with Crippen molar-refractivity contribution in [3.8, 4) is 11.5 Å². The summed E-state index contributed by atoms with van der Waals surface area (Å²) in [6.07, 6.45) is 3.54. The van der Waals surface area contributed by atoms with Crippen LogP contribution in [0.4, 0.5) is 17.8 Å². The number of nitrogens with zero attached hydrogens (tertiary/aromatic N) is 4. The first-order valence-electron chi connectivity index (χ1n) is 11.5. The minimum Gasteiger partial charge on any atom is -0.454 e. The number of hydrogen-bond donors (Lipinski definition) is 3. The molecule has 1 saturated heterocycles. The predicted octanol–water partition coefficient (Wildman–Crippen LogP) is 1.61. The fourth-order valence-corrected chi connectivity index (χ4v) is 3.63. The molecule has 0 atom stereocenters. The van der Waals surface area contributed by atoms with Crippen molar-refractivity contribution >= 4 is 17.8 Å². The first kappa shape index (κ1) is 23.3. The third-order valence-corrected chi connectivity index (χ3v) is 5.31. The Hall–Kier alpha value is -2.89. The maximum atomic E-state index is 5.57. The molecule has 2 aromatic rings. The summed E-state index contributed by atoms with van der Waals surface area (Å²) in [5.41, 5.74) is 6.45. The second kappa shape index (κ2) is 12.4. The summed E-state index contributed by atoms with van der Waals surface area (Å²) in [4.78, 5) is 16.1. The highest BCUT2D eigenvalue weighted by Crippen LogP contribution is 2.32. The normalized spacial score (nSPS) is 15.0. The summed E-state index contributed by atoms with van der Waals surface area (Å²) in [6.45, 7) is 5.98. The van der Waals surface area contributed by atoms with Crippen molar-refractivity contribution in [3.05, 3.63) is 23.8 Å². The lowest BCUT2D eigenvalue weighted by molar-refractivity contribution is 0.0547. The highest BCUT2D eigenvalue weighted by atomic mass is 16.7. The van der Waals surface area contributed by atoms with E-state index in [9.17, 15) is 0 Å². The van der Waals surface area contributed by atoms with Gasteiger partial charge in [0.2, 0.25) is 24.6 Å². The van der Waals surface area contributed by atoms with E-state index < -0.39 is 0 Å². The number of aromatic nitrogens is 3. The molecule has 1 fully saturated rings. The molecular weight excluding hydrogens is 426 g/mol. The summed E-state index contributed by atoms with van der Waals surface area (Å²) in [7, 11) is 0. The molecule has 0 unspecified atom stereocenters. The van der Waals surface area contributed by atoms with Crippen molar-refractivity contribution in [3.63, 3.8) is 0 Å². The summed E-state index contributed by atoms with van der Waals surface area (Å²) in [5.74, 6) is 3.28. The molecule has 4 N–H and O–H groups in total. The molecule has 0 saturated carbocycles. The van der Waals surface area contributed by atoms with Crippen LogP contribution in [0.5, 0.6) is 11.5 Å². The lowest BCUT2D eigenvalue weighted by Crippen LogP contribution is -2.31. The van der Waals surface area contributed by atoms with Gasteiger partial charge in [0.25, 0.3) is 0 Å². The van der Waals surface area contributed by atoms with Crippen LogP contribution in [-0.2, 0) is 16.0 Å². The fourth-order valence-electron chi connectivity index (χ4n) is 3.63. The predicted molar refractivity (Wildman–Crippen MR) is 125 cm³/mol. The molecule has 11 nitrogen and oxygen atoms in total. The molecular formula is C22H33N7O4. The molecule has 0 spiro atoms. The van der Waals surface area contributed by atoms with Gasteiger partial charge in [-0.1, -0.05) is 6.07 Å². The number of anilines is 3. The number of ether oxygens (including phenoxy) is 4. The van der Waals surface area contributed by atoms with Gasteiger partial charge in [-0.05, 0) is 37.0 Å². The average molecular weight is 460 g/mol. The number of nitrogens with one attached hydrogen (secondary N) is 2. The third kappa shape index (κ3) is 7.04. The van der Waals surface area contributed by atoms with Crippen molar-refractivity contribution in [2.75, 3.05) is 74.9 Å². The minimum absolute atomic E-state index is 0.262. The molecule has 1 aromatic heterocycles. The van der Waals surface area contributed by atoms with Crippen molar-refractivity contribution < 1.29 is 18.9 Å². The second-order valence-corrected chi connectivity index (χ2v) is 7.81. The van der Waals surface area contributed by atoms with Crippen LogP contribution in [0.1, 0.15) is 24.8 Å². The molecule has 33 heavy (non-hydrogen) atoms. The SMILES string of the molecule is NCCOCCOCCNc1nc(NCc2ccc3c(c2)OCO3)nc(N2CCCCC2)n1. The Bertz CT molecular complexity index is 880. The topological polar surface area (TPSA) is 129 Å². The van der Waals surface area contributed by atoms with Crippen molar-refractivity contribution in [2.24, 2.45) is 5.73 Å². The van der Waals surface area contributed by atoms with Gasteiger partial charge in [-0.3, -0.25) is 0 Å². The van der Waals surface area contributed by atoms with Gasteiger partial charge in [0, 0.05) is 32.7 Å². The van der Waals surface area contributed by atoms with Crippen LogP contribution in [0.15, 0.2) is 18.2 Å². The zero-order valence-electron chi connectivity index (χ0n) is 18.9. The van der Waals surface area contributed by atoms with E-state index >= 15 is 0 Å². The third-order valence-electron chi connectivity index (χ3n) is 5.31. The molecule has 11 heteroatoms. The zero-order chi connectivity index (χ0) is 22.7. The van der Waals surface area contributed by atoms with Crippen LogP contribution in [0.25, 0.3) is 0 Å². The van der Waals surface area contributed by atoms with E-state index in [0.717, 1.165) is 43.0 Å². The van der Waals surface area contributed by atoms with E-state index in [1.54, 1.807) is 0 Å². The summed E-state index contributed by atoms with van der Waals surface area (Å²) in [5, 5.41) is 6.57. The van der Waals surface area contributed by atoms with Gasteiger partial charge in [0.15, 0.2) is 11.5 Å². The van der Waals surface area contributed by atoms with E-state index in [2.05, 4.69) is 30.5 Å². The van der Waals surface area contributed by atoms with Gasteiger partial charge in [0.1, 0.15) is 0 Å². The number of piperidine rings is 1. The van der Waals surface area contributed by atoms with Crippen LogP contribution in [0, 0.1) is 0 Å². The van der Waals surface area contributed by atoms with Gasteiger partial charge in [-0.25, -0.2) is 0 Å². The zero-order valence-corrected chi connectivity index (χ0v) is 18.9. The summed E-state index contributed by atoms with van der Waals surface area (Å²) >= 11 is 0. The Labute approximate surface area is 194 Å². The van der Waals surface area contributed by atoms with Gasteiger partial charge < -0.3 is 40.2 Å². The molecule has 2 aliphatic rings. The minimum atomic E-state index is 0.262. The Kier molecular flexibility index (Phi) is 8.73. The van der Waals surface area contributed by atoms with Crippen molar-refractivity contribution in [2.45, 2.75) is 25.8 Å². The fraction of sp³-hybridized carbons (Fsp3) is 0.591. The summed E-state index contributed by atoms with van der Waals surface area (Å²) < 4.78 is 21.7. The van der Waals surface area contributed by atoms with Gasteiger partial charge in [-0.2, -0.15) is 15.0 Å². The average Bonchev–Trinajstić information content (AvgIpc) is 3.33. The maximum Gasteiger partial charge on any atom is 0.231 e. The molecule has 4 rings (SSSR count). The van der Waals surface area contributed by atoms with Crippen LogP contribution in [0.3, 0.4) is 0 Å². The van der Waals surface area contributed by atoms with Crippen LogP contribution >= 0.6 is 0 Å². The molecule has 0 radical (unpaired) electrons. The van der Waals surface area contributed by atoms with Crippen molar-refractivity contribution in [1.82, 2.24) is 15.0 Å². The monoisotopic (exact) mass is 459 g/mol. The molecule has 0 bridgehead atoms. The maximum absolute atomic E-state index is 5.57. The number of fused-ring (bicyclic) bond motifs is 1. The highest BCUT2D eigenvalue weighted by Gasteiger charge is 2.17. The van der Waals surface area contributed by atoms with Crippen LogP contribution in [0.2, 0.25) is 0 Å². The Morgan fingerprint density at radius 2 is 1.64 bits per heavy atom. The van der Waals surface area contributed by atoms with Crippen LogP contribution < -0.4 is 30.7 Å². The smallest absolute Gasteiger partial charge is 0.231 e. The molecule has 2 aliphatic heterocycles. The van der Waals surface area contributed by atoms with E-state index in [1.807, 2.05) is 18.2 Å². The van der Waals surface area contributed by atoms with E-state index in [0.29, 0.717) is 63.9 Å². The van der Waals surface area contributed by atoms with Crippen LogP contribution in [-0.4, -0.2) is 74.4 Å². The molecule has 180 valence electrons. The second-order valence-electron chi connectivity index (χ2n) is 7.81. The number of benzene rings is 1. The number of nitrogens with two attached hydrogens (primary N) is 1. The standard InChI is InChI=1S/C22H33N7O4/c23-6-10-30-12-13-31-11-7-24-20-26-21(28-22(27-20)29-8-2-1-3-9-29)25-15-17-4-5-18-19(14-17)33-16-32-18/h4-5,14H,1-3,6-13,15-16,23H2,(H2,24,25,26,27,28). The van der Waals surface area contributed by atoms with E-state index in [-0.39, 0.29) is 6.79 Å². The molecule has 1 aromatic carbocycles. The molecule has 0 aliphatic carbocycles. The molecule has 0 amide bonds. The largest absolute Gasteiger partial charge is 0.454 e. The van der Waals surface area contributed by atoms with E-state index in [1.165, 1.54) is 6.42 Å². The quantitative estimate of drug-likeness (QED) is 0.378. The Balaban J connectivity index is 1.34. The van der Waals surface area contributed by atoms with Crippen molar-refractivity contribution in [1.29, 1.82) is 0 Å². The van der Waals surface area contributed by atoms with E-state index in [4.69, 9.17) is 24.7 Å². The highest BCUT2D eigenvalue weighted by molar-refractivity contribution is 5.47. The summed E-state index contributed by atoms with van der Waals surface area (Å²) in [6, 6.07) is 5.89. The van der Waals surface area contributed by atoms with Gasteiger partial charge in [-0.15, -0.1) is 0 Å². The first-order chi connectivity index (χ1) is 16.3. The Morgan fingerprint density at radius 3 is 2.45 bits per heavy atom. The first-order valence-corrected chi connectivity index (χ1v) is 11.5. The lowest BCUT2D eigenvalue weighted by atomic mass is 10.1. The van der Waals surface area contributed by atoms with Gasteiger partial charge in [0.05, 0.1) is 26.4 Å². The number of hydrogen-bond acceptors (Lipinski definition) is 11. The van der Waals surface area contributed by atoms with Gasteiger partial charge >= 0.3 is 0 Å². The Morgan fingerprint density at radius 1 is 0.879 bits per heavy atom. The number of rotatable bonds is 13. The lowest BCUT2D eigenvalue weighted by Gasteiger charge is -2.27. The molecule has 3 heterocycles.